The molecule has 1 rings (SSSR count). The Labute approximate surface area is 144 Å². The number of thioether (sulfide) groups is 1. The minimum absolute atomic E-state index is 0.0667. The molecule has 0 aliphatic carbocycles. The molecule has 1 aliphatic heterocycles. The molecule has 0 aromatic heterocycles. The zero-order chi connectivity index (χ0) is 17.2. The Morgan fingerprint density at radius 3 is 2.30 bits per heavy atom. The summed E-state index contributed by atoms with van der Waals surface area (Å²) in [5.74, 6) is 1.60. The second-order valence-corrected chi connectivity index (χ2v) is 10.1. The van der Waals surface area contributed by atoms with Crippen molar-refractivity contribution in [1.29, 1.82) is 0 Å². The highest BCUT2D eigenvalue weighted by Gasteiger charge is 2.38. The summed E-state index contributed by atoms with van der Waals surface area (Å²) in [6, 6.07) is 0.785. The Bertz CT molecular complexity index is 333. The third kappa shape index (κ3) is 6.72. The molecule has 1 heterocycles. The lowest BCUT2D eigenvalue weighted by molar-refractivity contribution is -0.170. The van der Waals surface area contributed by atoms with Gasteiger partial charge in [-0.2, -0.15) is 11.8 Å². The highest BCUT2D eigenvalue weighted by atomic mass is 32.2. The number of carbonyl (C=O) groups is 1. The van der Waals surface area contributed by atoms with Crippen molar-refractivity contribution in [2.45, 2.75) is 32.2 Å². The summed E-state index contributed by atoms with van der Waals surface area (Å²) >= 11 is 1.74. The first-order valence-electron chi connectivity index (χ1n) is 8.02. The summed E-state index contributed by atoms with van der Waals surface area (Å²) in [7, 11) is 2.42. The Morgan fingerprint density at radius 1 is 1.17 bits per heavy atom. The lowest BCUT2D eigenvalue weighted by atomic mass is 9.84. The van der Waals surface area contributed by atoms with E-state index in [2.05, 4.69) is 6.92 Å². The first-order chi connectivity index (χ1) is 11.1. The molecule has 1 saturated heterocycles. The highest BCUT2D eigenvalue weighted by Crippen LogP contribution is 2.31. The third-order valence-electron chi connectivity index (χ3n) is 4.26. The van der Waals surface area contributed by atoms with E-state index in [0.717, 1.165) is 30.4 Å². The van der Waals surface area contributed by atoms with E-state index in [1.54, 1.807) is 33.1 Å². The Morgan fingerprint density at radius 2 is 1.83 bits per heavy atom. The molecule has 0 N–H and O–H groups in total. The lowest BCUT2D eigenvalue weighted by Gasteiger charge is -2.39. The van der Waals surface area contributed by atoms with Crippen LogP contribution in [0.3, 0.4) is 0 Å². The van der Waals surface area contributed by atoms with E-state index in [9.17, 15) is 4.79 Å². The van der Waals surface area contributed by atoms with Crippen molar-refractivity contribution in [2.24, 2.45) is 5.41 Å². The van der Waals surface area contributed by atoms with Gasteiger partial charge in [0, 0.05) is 33.1 Å². The molecular formula is C15H30O6SSi. The van der Waals surface area contributed by atoms with Crippen LogP contribution < -0.4 is 0 Å². The summed E-state index contributed by atoms with van der Waals surface area (Å²) in [5.41, 5.74) is 0.0667. The van der Waals surface area contributed by atoms with Crippen molar-refractivity contribution in [3.8, 4) is 0 Å². The number of hydrogen-bond acceptors (Lipinski definition) is 7. The molecule has 1 aliphatic rings. The van der Waals surface area contributed by atoms with Crippen LogP contribution in [0.4, 0.5) is 0 Å². The van der Waals surface area contributed by atoms with Crippen LogP contribution in [0.5, 0.6) is 0 Å². The number of esters is 1. The number of ether oxygens (including phenoxy) is 2. The maximum absolute atomic E-state index is 11.7. The van der Waals surface area contributed by atoms with Gasteiger partial charge in [-0.1, -0.05) is 6.92 Å². The molecule has 8 heteroatoms. The van der Waals surface area contributed by atoms with Gasteiger partial charge >= 0.3 is 14.8 Å². The summed E-state index contributed by atoms with van der Waals surface area (Å²) in [5, 5.41) is 0. The average molecular weight is 367 g/mol. The molecule has 0 radical (unpaired) electrons. The maximum atomic E-state index is 11.7. The van der Waals surface area contributed by atoms with Gasteiger partial charge in [0.05, 0.1) is 25.0 Å². The molecule has 6 nitrogen and oxygen atoms in total. The van der Waals surface area contributed by atoms with Crippen LogP contribution >= 0.6 is 11.8 Å². The first-order valence-corrected chi connectivity index (χ1v) is 11.1. The zero-order valence-electron chi connectivity index (χ0n) is 14.7. The SMILES string of the molecule is CCC1(COC(=O)CCSCCC[Si](OC)(OC)OC)COC1. The van der Waals surface area contributed by atoms with Crippen molar-refractivity contribution < 1.29 is 27.5 Å². The lowest BCUT2D eigenvalue weighted by Crippen LogP contribution is -2.46. The molecular weight excluding hydrogens is 336 g/mol. The van der Waals surface area contributed by atoms with E-state index in [-0.39, 0.29) is 11.4 Å². The highest BCUT2D eigenvalue weighted by molar-refractivity contribution is 7.99. The van der Waals surface area contributed by atoms with Crippen LogP contribution in [0.25, 0.3) is 0 Å². The molecule has 136 valence electrons. The van der Waals surface area contributed by atoms with Crippen LogP contribution in [0, 0.1) is 5.41 Å². The molecule has 0 aromatic carbocycles. The smallest absolute Gasteiger partial charge is 0.465 e. The predicted octanol–water partition coefficient (Wildman–Crippen LogP) is 2.35. The standard InChI is InChI=1S/C15H30O6SSi/c1-5-15(11-20-12-15)13-21-14(16)7-9-22-8-6-10-23(17-2,18-3)19-4/h5-13H2,1-4H3. The largest absolute Gasteiger partial charge is 0.500 e. The topological polar surface area (TPSA) is 63.2 Å². The molecule has 1 fully saturated rings. The predicted molar refractivity (Wildman–Crippen MR) is 92.6 cm³/mol. The first kappa shape index (κ1) is 20.9. The van der Waals surface area contributed by atoms with Gasteiger partial charge in [-0.05, 0) is 18.6 Å². The van der Waals surface area contributed by atoms with Gasteiger partial charge in [-0.3, -0.25) is 4.79 Å². The van der Waals surface area contributed by atoms with Crippen molar-refractivity contribution in [3.63, 3.8) is 0 Å². The van der Waals surface area contributed by atoms with Gasteiger partial charge < -0.3 is 22.8 Å². The molecule has 0 spiro atoms. The zero-order valence-corrected chi connectivity index (χ0v) is 16.5. The minimum Gasteiger partial charge on any atom is -0.465 e. The van der Waals surface area contributed by atoms with E-state index >= 15 is 0 Å². The van der Waals surface area contributed by atoms with Gasteiger partial charge in [-0.25, -0.2) is 0 Å². The van der Waals surface area contributed by atoms with Gasteiger partial charge in [-0.15, -0.1) is 0 Å². The van der Waals surface area contributed by atoms with Crippen LogP contribution in [0.2, 0.25) is 6.04 Å². The Kier molecular flexibility index (Phi) is 9.72. The minimum atomic E-state index is -2.45. The van der Waals surface area contributed by atoms with Gasteiger partial charge in [0.25, 0.3) is 0 Å². The van der Waals surface area contributed by atoms with Gasteiger partial charge in [0.1, 0.15) is 6.61 Å². The monoisotopic (exact) mass is 366 g/mol. The van der Waals surface area contributed by atoms with Crippen molar-refractivity contribution in [2.75, 3.05) is 52.7 Å². The quantitative estimate of drug-likeness (QED) is 0.282. The van der Waals surface area contributed by atoms with Gasteiger partial charge in [0.2, 0.25) is 0 Å². The fourth-order valence-corrected chi connectivity index (χ4v) is 5.13. The van der Waals surface area contributed by atoms with Crippen molar-refractivity contribution >= 4 is 26.5 Å². The molecule has 0 bridgehead atoms. The molecule has 0 aromatic rings. The fraction of sp³-hybridized carbons (Fsp3) is 0.933. The van der Waals surface area contributed by atoms with Crippen LogP contribution in [0.15, 0.2) is 0 Å². The molecule has 0 atom stereocenters. The Hall–Kier alpha value is -0.123. The molecule has 0 unspecified atom stereocenters. The maximum Gasteiger partial charge on any atom is 0.500 e. The van der Waals surface area contributed by atoms with Crippen LogP contribution in [-0.4, -0.2) is 67.4 Å². The van der Waals surface area contributed by atoms with Crippen molar-refractivity contribution in [3.05, 3.63) is 0 Å². The number of carbonyl (C=O) groups excluding carboxylic acids is 1. The van der Waals surface area contributed by atoms with Gasteiger partial charge in [0.15, 0.2) is 0 Å². The molecule has 0 saturated carbocycles. The van der Waals surface area contributed by atoms with Crippen molar-refractivity contribution in [1.82, 2.24) is 0 Å². The second-order valence-electron chi connectivity index (χ2n) is 5.77. The summed E-state index contributed by atoms with van der Waals surface area (Å²) < 4.78 is 26.7. The number of hydrogen-bond donors (Lipinski definition) is 0. The molecule has 23 heavy (non-hydrogen) atoms. The fourth-order valence-electron chi connectivity index (χ4n) is 2.29. The van der Waals surface area contributed by atoms with E-state index in [1.807, 2.05) is 0 Å². The van der Waals surface area contributed by atoms with E-state index < -0.39 is 8.80 Å². The van der Waals surface area contributed by atoms with E-state index in [0.29, 0.717) is 26.2 Å². The average Bonchev–Trinajstić information content (AvgIpc) is 2.54. The van der Waals surface area contributed by atoms with E-state index in [1.165, 1.54) is 0 Å². The summed E-state index contributed by atoms with van der Waals surface area (Å²) in [4.78, 5) is 11.7. The van der Waals surface area contributed by atoms with E-state index in [4.69, 9.17) is 22.8 Å². The van der Waals surface area contributed by atoms with Crippen LogP contribution in [-0.2, 0) is 27.5 Å². The second kappa shape index (κ2) is 10.7. The third-order valence-corrected chi connectivity index (χ3v) is 8.16. The normalized spacial score (nSPS) is 16.9. The summed E-state index contributed by atoms with van der Waals surface area (Å²) in [6.07, 6.45) is 2.38. The number of rotatable bonds is 13. The van der Waals surface area contributed by atoms with Crippen LogP contribution in [0.1, 0.15) is 26.2 Å². The summed E-state index contributed by atoms with van der Waals surface area (Å²) in [6.45, 7) is 4.00. The molecule has 0 amide bonds. The Balaban J connectivity index is 2.05.